The van der Waals surface area contributed by atoms with E-state index < -0.39 is 0 Å². The third-order valence-corrected chi connectivity index (χ3v) is 5.94. The molecule has 0 radical (unpaired) electrons. The van der Waals surface area contributed by atoms with Crippen molar-refractivity contribution in [3.63, 3.8) is 0 Å². The Morgan fingerprint density at radius 1 is 1.10 bits per heavy atom. The molecule has 0 saturated heterocycles. The minimum absolute atomic E-state index is 0.0200. The molecule has 0 saturated carbocycles. The highest BCUT2D eigenvalue weighted by atomic mass is 35.5. The Morgan fingerprint density at radius 3 is 2.52 bits per heavy atom. The van der Waals surface area contributed by atoms with E-state index in [2.05, 4.69) is 4.98 Å². The predicted octanol–water partition coefficient (Wildman–Crippen LogP) is 4.92. The predicted molar refractivity (Wildman–Crippen MR) is 122 cm³/mol. The normalized spacial score (nSPS) is 12.6. The summed E-state index contributed by atoms with van der Waals surface area (Å²) in [6, 6.07) is 13.0. The second kappa shape index (κ2) is 7.35. The zero-order valence-electron chi connectivity index (χ0n) is 17.3. The second-order valence-electron chi connectivity index (χ2n) is 7.45. The van der Waals surface area contributed by atoms with E-state index in [0.29, 0.717) is 33.0 Å². The van der Waals surface area contributed by atoms with E-state index in [4.69, 9.17) is 26.3 Å². The number of hydrogen-bond donors (Lipinski definition) is 0. The second-order valence-corrected chi connectivity index (χ2v) is 7.86. The van der Waals surface area contributed by atoms with Gasteiger partial charge in [-0.25, -0.2) is 15.0 Å². The molecule has 0 bridgehead atoms. The van der Waals surface area contributed by atoms with Gasteiger partial charge < -0.3 is 4.74 Å². The SMILES string of the molecule is CC[C@H](C)n1cnc2c(c1=O)c1nc3ccccc3nc1n2-c1ccc(OC)c(Cl)c1. The summed E-state index contributed by atoms with van der Waals surface area (Å²) in [4.78, 5) is 27.8. The largest absolute Gasteiger partial charge is 0.495 e. The van der Waals surface area contributed by atoms with Crippen molar-refractivity contribution in [2.24, 2.45) is 0 Å². The van der Waals surface area contributed by atoms with Crippen LogP contribution < -0.4 is 10.3 Å². The number of nitrogens with zero attached hydrogens (tertiary/aromatic N) is 5. The minimum atomic E-state index is -0.132. The Labute approximate surface area is 182 Å². The lowest BCUT2D eigenvalue weighted by Gasteiger charge is -2.12. The third kappa shape index (κ3) is 2.96. The smallest absolute Gasteiger partial charge is 0.265 e. The summed E-state index contributed by atoms with van der Waals surface area (Å²) >= 11 is 6.40. The number of benzene rings is 2. The maximum absolute atomic E-state index is 13.5. The molecule has 7 nitrogen and oxygen atoms in total. The fourth-order valence-corrected chi connectivity index (χ4v) is 4.05. The van der Waals surface area contributed by atoms with Crippen molar-refractivity contribution >= 4 is 44.8 Å². The average Bonchev–Trinajstić information content (AvgIpc) is 3.11. The van der Waals surface area contributed by atoms with Crippen LogP contribution in [0.15, 0.2) is 53.6 Å². The van der Waals surface area contributed by atoms with Gasteiger partial charge in [0, 0.05) is 6.04 Å². The van der Waals surface area contributed by atoms with Crippen LogP contribution in [0.5, 0.6) is 5.75 Å². The number of para-hydroxylation sites is 2. The van der Waals surface area contributed by atoms with E-state index in [0.717, 1.165) is 23.1 Å². The summed E-state index contributed by atoms with van der Waals surface area (Å²) in [6.45, 7) is 4.04. The van der Waals surface area contributed by atoms with Crippen LogP contribution in [-0.4, -0.2) is 31.2 Å². The molecule has 2 aromatic carbocycles. The highest BCUT2D eigenvalue weighted by molar-refractivity contribution is 6.32. The maximum atomic E-state index is 13.5. The number of halogens is 1. The van der Waals surface area contributed by atoms with Crippen LogP contribution in [0.2, 0.25) is 5.02 Å². The summed E-state index contributed by atoms with van der Waals surface area (Å²) in [7, 11) is 1.57. The van der Waals surface area contributed by atoms with Crippen LogP contribution >= 0.6 is 11.6 Å². The molecule has 5 rings (SSSR count). The van der Waals surface area contributed by atoms with Gasteiger partial charge in [0.05, 0.1) is 28.9 Å². The lowest BCUT2D eigenvalue weighted by atomic mass is 10.2. The lowest BCUT2D eigenvalue weighted by molar-refractivity contribution is 0.415. The van der Waals surface area contributed by atoms with E-state index in [1.54, 1.807) is 30.1 Å². The van der Waals surface area contributed by atoms with E-state index in [1.165, 1.54) is 0 Å². The van der Waals surface area contributed by atoms with Crippen LogP contribution in [-0.2, 0) is 0 Å². The first kappa shape index (κ1) is 19.5. The Morgan fingerprint density at radius 2 is 1.84 bits per heavy atom. The molecule has 1 atom stereocenters. The molecule has 0 aliphatic rings. The quantitative estimate of drug-likeness (QED) is 0.402. The maximum Gasteiger partial charge on any atom is 0.265 e. The molecule has 0 unspecified atom stereocenters. The van der Waals surface area contributed by atoms with Gasteiger partial charge in [-0.05, 0) is 43.7 Å². The molecule has 31 heavy (non-hydrogen) atoms. The highest BCUT2D eigenvalue weighted by Crippen LogP contribution is 2.32. The Kier molecular flexibility index (Phi) is 4.63. The van der Waals surface area contributed by atoms with Crippen molar-refractivity contribution in [1.29, 1.82) is 0 Å². The molecular formula is C23H20ClN5O2. The summed E-state index contributed by atoms with van der Waals surface area (Å²) in [5, 5.41) is 0.902. The van der Waals surface area contributed by atoms with Crippen LogP contribution in [0.1, 0.15) is 26.3 Å². The number of fused-ring (bicyclic) bond motifs is 4. The van der Waals surface area contributed by atoms with Crippen LogP contribution in [0, 0.1) is 0 Å². The zero-order chi connectivity index (χ0) is 21.7. The van der Waals surface area contributed by atoms with Gasteiger partial charge in [0.2, 0.25) is 0 Å². The molecule has 3 aromatic heterocycles. The molecule has 0 N–H and O–H groups in total. The standard InChI is InChI=1S/C23H20ClN5O2/c1-4-13(2)28-12-25-21-19(23(28)30)20-22(27-17-8-6-5-7-16(17)26-20)29(21)14-9-10-18(31-3)15(24)11-14/h5-13H,4H2,1-3H3/t13-/m0/s1. The van der Waals surface area contributed by atoms with Gasteiger partial charge in [-0.2, -0.15) is 0 Å². The van der Waals surface area contributed by atoms with Gasteiger partial charge in [0.25, 0.3) is 5.56 Å². The first-order valence-electron chi connectivity index (χ1n) is 10.1. The van der Waals surface area contributed by atoms with E-state index >= 15 is 0 Å². The molecule has 5 aromatic rings. The minimum Gasteiger partial charge on any atom is -0.495 e. The molecule has 0 spiro atoms. The molecule has 0 fully saturated rings. The van der Waals surface area contributed by atoms with Crippen LogP contribution in [0.4, 0.5) is 0 Å². The van der Waals surface area contributed by atoms with Gasteiger partial charge in [-0.15, -0.1) is 0 Å². The van der Waals surface area contributed by atoms with Crippen molar-refractivity contribution in [2.45, 2.75) is 26.3 Å². The molecule has 8 heteroatoms. The van der Waals surface area contributed by atoms with E-state index in [1.807, 2.05) is 48.7 Å². The number of aromatic nitrogens is 5. The molecule has 0 aliphatic carbocycles. The van der Waals surface area contributed by atoms with Crippen molar-refractivity contribution in [3.05, 3.63) is 64.2 Å². The number of methoxy groups -OCH3 is 1. The summed E-state index contributed by atoms with van der Waals surface area (Å²) in [5.74, 6) is 0.565. The number of hydrogen-bond acceptors (Lipinski definition) is 5. The van der Waals surface area contributed by atoms with Gasteiger partial charge in [0.1, 0.15) is 23.0 Å². The van der Waals surface area contributed by atoms with Crippen LogP contribution in [0.25, 0.3) is 38.9 Å². The summed E-state index contributed by atoms with van der Waals surface area (Å²) in [6.07, 6.45) is 2.41. The fourth-order valence-electron chi connectivity index (χ4n) is 3.80. The first-order chi connectivity index (χ1) is 15.0. The Hall–Kier alpha value is -3.45. The Bertz CT molecular complexity index is 1520. The van der Waals surface area contributed by atoms with Gasteiger partial charge >= 0.3 is 0 Å². The van der Waals surface area contributed by atoms with Gasteiger partial charge in [-0.3, -0.25) is 13.9 Å². The van der Waals surface area contributed by atoms with Crippen LogP contribution in [0.3, 0.4) is 0 Å². The average molecular weight is 434 g/mol. The molecular weight excluding hydrogens is 414 g/mol. The zero-order valence-corrected chi connectivity index (χ0v) is 18.1. The fraction of sp³-hybridized carbons (Fsp3) is 0.217. The molecule has 0 amide bonds. The summed E-state index contributed by atoms with van der Waals surface area (Å²) < 4.78 is 8.77. The van der Waals surface area contributed by atoms with Crippen molar-refractivity contribution in [3.8, 4) is 11.4 Å². The van der Waals surface area contributed by atoms with E-state index in [-0.39, 0.29) is 11.6 Å². The van der Waals surface area contributed by atoms with E-state index in [9.17, 15) is 4.79 Å². The molecule has 0 aliphatic heterocycles. The topological polar surface area (TPSA) is 74.8 Å². The highest BCUT2D eigenvalue weighted by Gasteiger charge is 2.22. The third-order valence-electron chi connectivity index (χ3n) is 5.65. The molecule has 156 valence electrons. The first-order valence-corrected chi connectivity index (χ1v) is 10.4. The Balaban J connectivity index is 1.95. The summed E-state index contributed by atoms with van der Waals surface area (Å²) in [5.41, 5.74) is 3.63. The van der Waals surface area contributed by atoms with Crippen molar-refractivity contribution < 1.29 is 4.74 Å². The van der Waals surface area contributed by atoms with Gasteiger partial charge in [-0.1, -0.05) is 30.7 Å². The molecule has 3 heterocycles. The van der Waals surface area contributed by atoms with Crippen molar-refractivity contribution in [2.75, 3.05) is 7.11 Å². The number of rotatable bonds is 4. The monoisotopic (exact) mass is 433 g/mol. The number of ether oxygens (including phenoxy) is 1. The lowest BCUT2D eigenvalue weighted by Crippen LogP contribution is -2.23. The van der Waals surface area contributed by atoms with Crippen molar-refractivity contribution in [1.82, 2.24) is 24.1 Å². The van der Waals surface area contributed by atoms with Gasteiger partial charge in [0.15, 0.2) is 11.3 Å².